The predicted octanol–water partition coefficient (Wildman–Crippen LogP) is 1.04. The molecule has 8 heteroatoms. The van der Waals surface area contributed by atoms with E-state index in [9.17, 15) is 14.4 Å². The minimum Gasteiger partial charge on any atom is -0.354 e. The molecule has 2 amide bonds. The molecule has 0 bridgehead atoms. The quantitative estimate of drug-likeness (QED) is 0.644. The van der Waals surface area contributed by atoms with Crippen LogP contribution in [0.4, 0.5) is 5.95 Å². The van der Waals surface area contributed by atoms with Gasteiger partial charge in [0, 0.05) is 49.8 Å². The lowest BCUT2D eigenvalue weighted by molar-refractivity contribution is -0.142. The largest absolute Gasteiger partial charge is 0.354 e. The summed E-state index contributed by atoms with van der Waals surface area (Å²) in [5.41, 5.74) is 0.426. The van der Waals surface area contributed by atoms with E-state index in [1.807, 2.05) is 4.90 Å². The maximum Gasteiger partial charge on any atom is 0.252 e. The highest BCUT2D eigenvalue weighted by Gasteiger charge is 2.38. The Labute approximate surface area is 159 Å². The van der Waals surface area contributed by atoms with Crippen molar-refractivity contribution < 1.29 is 9.59 Å². The van der Waals surface area contributed by atoms with Gasteiger partial charge < -0.3 is 15.5 Å². The van der Waals surface area contributed by atoms with E-state index in [2.05, 4.69) is 20.6 Å². The van der Waals surface area contributed by atoms with Crippen LogP contribution in [0.1, 0.15) is 44.2 Å². The second-order valence-electron chi connectivity index (χ2n) is 7.48. The molecule has 2 atom stereocenters. The van der Waals surface area contributed by atoms with Crippen molar-refractivity contribution >= 4 is 17.8 Å². The molecule has 0 radical (unpaired) electrons. The number of hydrogen-bond donors (Lipinski definition) is 3. The third kappa shape index (κ3) is 5.08. The van der Waals surface area contributed by atoms with Crippen molar-refractivity contribution in [2.24, 2.45) is 11.8 Å². The first-order chi connectivity index (χ1) is 13.0. The first kappa shape index (κ1) is 19.4. The second kappa shape index (κ2) is 9.01. The van der Waals surface area contributed by atoms with Crippen molar-refractivity contribution in [3.63, 3.8) is 0 Å². The zero-order valence-corrected chi connectivity index (χ0v) is 15.9. The highest BCUT2D eigenvalue weighted by atomic mass is 16.2. The van der Waals surface area contributed by atoms with Crippen LogP contribution in [0, 0.1) is 18.8 Å². The normalized spacial score (nSPS) is 22.5. The van der Waals surface area contributed by atoms with Crippen LogP contribution in [0.5, 0.6) is 0 Å². The summed E-state index contributed by atoms with van der Waals surface area (Å²) in [5, 5.41) is 5.94. The van der Waals surface area contributed by atoms with E-state index in [1.54, 1.807) is 6.92 Å². The smallest absolute Gasteiger partial charge is 0.252 e. The molecule has 2 aliphatic rings. The van der Waals surface area contributed by atoms with Crippen LogP contribution in [-0.4, -0.2) is 52.9 Å². The molecule has 1 saturated carbocycles. The molecule has 0 aromatic carbocycles. The lowest BCUT2D eigenvalue weighted by atomic mass is 9.78. The van der Waals surface area contributed by atoms with Crippen LogP contribution in [0.15, 0.2) is 10.9 Å². The van der Waals surface area contributed by atoms with Crippen LogP contribution in [0.25, 0.3) is 0 Å². The van der Waals surface area contributed by atoms with Gasteiger partial charge in [-0.05, 0) is 32.6 Å². The summed E-state index contributed by atoms with van der Waals surface area (Å²) in [6.45, 7) is 4.28. The number of anilines is 1. The molecule has 1 aromatic heterocycles. The van der Waals surface area contributed by atoms with Gasteiger partial charge in [0.2, 0.25) is 17.8 Å². The van der Waals surface area contributed by atoms with Crippen LogP contribution in [0.2, 0.25) is 0 Å². The number of carbonyl (C=O) groups is 2. The van der Waals surface area contributed by atoms with Gasteiger partial charge in [0.15, 0.2) is 0 Å². The number of aryl methyl sites for hydroxylation is 1. The number of aromatic nitrogens is 2. The van der Waals surface area contributed by atoms with Gasteiger partial charge in [-0.25, -0.2) is 4.98 Å². The zero-order valence-electron chi connectivity index (χ0n) is 15.9. The van der Waals surface area contributed by atoms with Crippen LogP contribution >= 0.6 is 0 Å². The lowest BCUT2D eigenvalue weighted by Crippen LogP contribution is -2.45. The second-order valence-corrected chi connectivity index (χ2v) is 7.48. The highest BCUT2D eigenvalue weighted by molar-refractivity contribution is 5.88. The third-order valence-corrected chi connectivity index (χ3v) is 5.42. The van der Waals surface area contributed by atoms with Gasteiger partial charge in [-0.3, -0.25) is 19.4 Å². The van der Waals surface area contributed by atoms with Crippen molar-refractivity contribution in [1.29, 1.82) is 0 Å². The Hall–Kier alpha value is -2.38. The fourth-order valence-corrected chi connectivity index (χ4v) is 4.07. The molecule has 0 spiro atoms. The minimum atomic E-state index is -0.233. The van der Waals surface area contributed by atoms with Gasteiger partial charge in [0.05, 0.1) is 0 Å². The molecule has 8 nitrogen and oxygen atoms in total. The van der Waals surface area contributed by atoms with E-state index in [0.717, 1.165) is 51.6 Å². The summed E-state index contributed by atoms with van der Waals surface area (Å²) < 4.78 is 0. The molecule has 1 aliphatic carbocycles. The Kier molecular flexibility index (Phi) is 6.47. The van der Waals surface area contributed by atoms with Gasteiger partial charge in [0.25, 0.3) is 5.56 Å². The first-order valence-corrected chi connectivity index (χ1v) is 9.93. The van der Waals surface area contributed by atoms with Gasteiger partial charge in [-0.2, -0.15) is 0 Å². The Balaban J connectivity index is 1.49. The summed E-state index contributed by atoms with van der Waals surface area (Å²) in [4.78, 5) is 45.6. The molecular weight excluding hydrogens is 346 g/mol. The molecule has 27 heavy (non-hydrogen) atoms. The number of hydrogen-bond acceptors (Lipinski definition) is 5. The van der Waals surface area contributed by atoms with Crippen molar-refractivity contribution in [2.45, 2.75) is 45.4 Å². The maximum absolute atomic E-state index is 12.8. The van der Waals surface area contributed by atoms with Gasteiger partial charge >= 0.3 is 0 Å². The predicted molar refractivity (Wildman–Crippen MR) is 102 cm³/mol. The first-order valence-electron chi connectivity index (χ1n) is 9.93. The average molecular weight is 375 g/mol. The van der Waals surface area contributed by atoms with Gasteiger partial charge in [-0.15, -0.1) is 0 Å². The Bertz CT molecular complexity index is 726. The van der Waals surface area contributed by atoms with E-state index in [1.165, 1.54) is 6.07 Å². The molecule has 2 heterocycles. The number of rotatable bonds is 6. The number of H-pyrrole nitrogens is 1. The minimum absolute atomic E-state index is 0.0419. The number of amides is 2. The fraction of sp³-hybridized carbons (Fsp3) is 0.684. The van der Waals surface area contributed by atoms with Crippen LogP contribution < -0.4 is 16.2 Å². The van der Waals surface area contributed by atoms with Crippen molar-refractivity contribution in [3.8, 4) is 0 Å². The van der Waals surface area contributed by atoms with Crippen molar-refractivity contribution in [1.82, 2.24) is 20.2 Å². The number of nitrogens with one attached hydrogen (secondary N) is 3. The SMILES string of the molecule is Cc1cc(=O)[nH]c(NCCNC(=O)[C@H]2CCCC[C@H]2C(=O)N2CCCC2)n1. The summed E-state index contributed by atoms with van der Waals surface area (Å²) in [6, 6.07) is 1.42. The molecular formula is C19H29N5O3. The zero-order chi connectivity index (χ0) is 19.2. The number of carbonyl (C=O) groups excluding carboxylic acids is 2. The van der Waals surface area contributed by atoms with E-state index in [0.29, 0.717) is 24.7 Å². The summed E-state index contributed by atoms with van der Waals surface area (Å²) in [7, 11) is 0. The maximum atomic E-state index is 12.8. The van der Waals surface area contributed by atoms with E-state index in [-0.39, 0.29) is 29.2 Å². The van der Waals surface area contributed by atoms with E-state index >= 15 is 0 Å². The fourth-order valence-electron chi connectivity index (χ4n) is 4.07. The molecule has 148 valence electrons. The highest BCUT2D eigenvalue weighted by Crippen LogP contribution is 2.32. The molecule has 1 aromatic rings. The standard InChI is InChI=1S/C19H29N5O3/c1-13-12-16(25)23-19(22-13)21-9-8-20-17(26)14-6-2-3-7-15(14)18(27)24-10-4-5-11-24/h12,14-15H,2-11H2,1H3,(H,20,26)(H2,21,22,23,25)/t14-,15+/m0/s1. The molecule has 3 rings (SSSR count). The summed E-state index contributed by atoms with van der Waals surface area (Å²) >= 11 is 0. The number of aromatic amines is 1. The Morgan fingerprint density at radius 2 is 1.85 bits per heavy atom. The van der Waals surface area contributed by atoms with Crippen molar-refractivity contribution in [3.05, 3.63) is 22.1 Å². The topological polar surface area (TPSA) is 107 Å². The lowest BCUT2D eigenvalue weighted by Gasteiger charge is -2.32. The summed E-state index contributed by atoms with van der Waals surface area (Å²) in [6.07, 6.45) is 5.72. The number of likely N-dealkylation sites (tertiary alicyclic amines) is 1. The van der Waals surface area contributed by atoms with E-state index in [4.69, 9.17) is 0 Å². The Morgan fingerprint density at radius 1 is 1.15 bits per heavy atom. The molecule has 2 fully saturated rings. The van der Waals surface area contributed by atoms with Crippen LogP contribution in [-0.2, 0) is 9.59 Å². The van der Waals surface area contributed by atoms with Crippen LogP contribution in [0.3, 0.4) is 0 Å². The van der Waals surface area contributed by atoms with E-state index < -0.39 is 0 Å². The number of nitrogens with zero attached hydrogens (tertiary/aromatic N) is 2. The monoisotopic (exact) mass is 375 g/mol. The summed E-state index contributed by atoms with van der Waals surface area (Å²) in [5.74, 6) is 0.101. The molecule has 1 saturated heterocycles. The third-order valence-electron chi connectivity index (χ3n) is 5.42. The average Bonchev–Trinajstić information content (AvgIpc) is 3.18. The van der Waals surface area contributed by atoms with Gasteiger partial charge in [-0.1, -0.05) is 12.8 Å². The molecule has 1 aliphatic heterocycles. The Morgan fingerprint density at radius 3 is 2.56 bits per heavy atom. The van der Waals surface area contributed by atoms with Gasteiger partial charge in [0.1, 0.15) is 0 Å². The molecule has 0 unspecified atom stereocenters. The molecule has 3 N–H and O–H groups in total. The van der Waals surface area contributed by atoms with Crippen molar-refractivity contribution in [2.75, 3.05) is 31.5 Å².